The molecule has 1 saturated carbocycles. The molecule has 0 amide bonds. The molecule has 1 aromatic heterocycles. The summed E-state index contributed by atoms with van der Waals surface area (Å²) in [6.45, 7) is 1.84. The summed E-state index contributed by atoms with van der Waals surface area (Å²) in [7, 11) is 0. The number of hydrogen-bond donors (Lipinski definition) is 0. The molecule has 0 atom stereocenters. The van der Waals surface area contributed by atoms with Crippen molar-refractivity contribution >= 4 is 5.78 Å². The first-order valence-corrected chi connectivity index (χ1v) is 5.83. The number of nitrogens with zero attached hydrogens (tertiary/aromatic N) is 1. The van der Waals surface area contributed by atoms with Gasteiger partial charge in [0.1, 0.15) is 0 Å². The molecule has 0 bridgehead atoms. The summed E-state index contributed by atoms with van der Waals surface area (Å²) in [6.07, 6.45) is 1.73. The van der Waals surface area contributed by atoms with E-state index in [0.29, 0.717) is 5.56 Å². The molecule has 4 heteroatoms. The van der Waals surface area contributed by atoms with Gasteiger partial charge in [-0.15, -0.1) is 0 Å². The molecule has 1 aliphatic carbocycles. The summed E-state index contributed by atoms with van der Waals surface area (Å²) in [5.74, 6) is -2.89. The second-order valence-electron chi connectivity index (χ2n) is 4.68. The van der Waals surface area contributed by atoms with Gasteiger partial charge in [-0.2, -0.15) is 0 Å². The Labute approximate surface area is 99.1 Å². The predicted octanol–water partition coefficient (Wildman–Crippen LogP) is 3.40. The molecule has 0 saturated heterocycles. The van der Waals surface area contributed by atoms with Crippen molar-refractivity contribution in [3.8, 4) is 0 Å². The van der Waals surface area contributed by atoms with E-state index in [0.717, 1.165) is 5.69 Å². The molecule has 2 rings (SSSR count). The Kier molecular flexibility index (Phi) is 3.22. The van der Waals surface area contributed by atoms with Crippen molar-refractivity contribution in [2.75, 3.05) is 0 Å². The molecule has 0 aromatic carbocycles. The van der Waals surface area contributed by atoms with Crippen molar-refractivity contribution in [3.63, 3.8) is 0 Å². The lowest BCUT2D eigenvalue weighted by atomic mass is 9.82. The fourth-order valence-corrected chi connectivity index (χ4v) is 2.15. The monoisotopic (exact) mass is 239 g/mol. The van der Waals surface area contributed by atoms with Crippen LogP contribution in [-0.2, 0) is 0 Å². The topological polar surface area (TPSA) is 30.0 Å². The highest BCUT2D eigenvalue weighted by Gasteiger charge is 2.37. The third kappa shape index (κ3) is 2.87. The van der Waals surface area contributed by atoms with Gasteiger partial charge in [0.2, 0.25) is 5.92 Å². The third-order valence-electron chi connectivity index (χ3n) is 3.28. The summed E-state index contributed by atoms with van der Waals surface area (Å²) >= 11 is 0. The number of rotatable bonds is 2. The van der Waals surface area contributed by atoms with Gasteiger partial charge in [-0.1, -0.05) is 0 Å². The zero-order valence-electron chi connectivity index (χ0n) is 9.75. The summed E-state index contributed by atoms with van der Waals surface area (Å²) < 4.78 is 25.9. The van der Waals surface area contributed by atoms with Crippen molar-refractivity contribution in [1.29, 1.82) is 0 Å². The maximum Gasteiger partial charge on any atom is 0.248 e. The van der Waals surface area contributed by atoms with Gasteiger partial charge in [0.15, 0.2) is 5.78 Å². The van der Waals surface area contributed by atoms with Crippen LogP contribution >= 0.6 is 0 Å². The maximum absolute atomic E-state index is 13.0. The summed E-state index contributed by atoms with van der Waals surface area (Å²) in [5, 5.41) is 0. The molecule has 0 aliphatic heterocycles. The minimum Gasteiger partial charge on any atom is -0.294 e. The van der Waals surface area contributed by atoms with Crippen molar-refractivity contribution in [2.45, 2.75) is 38.5 Å². The third-order valence-corrected chi connectivity index (χ3v) is 3.28. The predicted molar refractivity (Wildman–Crippen MR) is 60.2 cm³/mol. The molecule has 0 spiro atoms. The van der Waals surface area contributed by atoms with Crippen LogP contribution in [0.15, 0.2) is 18.3 Å². The van der Waals surface area contributed by atoms with Crippen LogP contribution in [0.4, 0.5) is 8.78 Å². The van der Waals surface area contributed by atoms with E-state index in [1.165, 1.54) is 6.20 Å². The molecular weight excluding hydrogens is 224 g/mol. The number of halogens is 2. The lowest BCUT2D eigenvalue weighted by Crippen LogP contribution is -2.28. The molecule has 1 fully saturated rings. The zero-order chi connectivity index (χ0) is 12.5. The molecule has 92 valence electrons. The van der Waals surface area contributed by atoms with Crippen molar-refractivity contribution in [2.24, 2.45) is 5.92 Å². The fourth-order valence-electron chi connectivity index (χ4n) is 2.15. The molecule has 0 unspecified atom stereocenters. The number of Topliss-reactive ketones (excluding diaryl/α,β-unsaturated/α-hetero) is 1. The van der Waals surface area contributed by atoms with E-state index < -0.39 is 5.92 Å². The summed E-state index contributed by atoms with van der Waals surface area (Å²) in [4.78, 5) is 16.1. The molecule has 17 heavy (non-hydrogen) atoms. The number of aromatic nitrogens is 1. The average molecular weight is 239 g/mol. The van der Waals surface area contributed by atoms with Crippen molar-refractivity contribution in [3.05, 3.63) is 29.6 Å². The number of carbonyl (C=O) groups excluding carboxylic acids is 1. The SMILES string of the molecule is Cc1ccc(C(=O)C2CCC(F)(F)CC2)cn1. The fraction of sp³-hybridized carbons (Fsp3) is 0.538. The largest absolute Gasteiger partial charge is 0.294 e. The van der Waals surface area contributed by atoms with Gasteiger partial charge in [-0.05, 0) is 31.9 Å². The highest BCUT2D eigenvalue weighted by Crippen LogP contribution is 2.37. The molecule has 0 N–H and O–H groups in total. The highest BCUT2D eigenvalue weighted by atomic mass is 19.3. The lowest BCUT2D eigenvalue weighted by molar-refractivity contribution is -0.0424. The Morgan fingerprint density at radius 3 is 2.53 bits per heavy atom. The van der Waals surface area contributed by atoms with E-state index in [1.807, 2.05) is 6.92 Å². The second kappa shape index (κ2) is 4.51. The van der Waals surface area contributed by atoms with Crippen LogP contribution in [0.2, 0.25) is 0 Å². The Bertz CT molecular complexity index is 404. The quantitative estimate of drug-likeness (QED) is 0.740. The van der Waals surface area contributed by atoms with Gasteiger partial charge in [-0.25, -0.2) is 8.78 Å². The zero-order valence-corrected chi connectivity index (χ0v) is 9.75. The first-order chi connectivity index (χ1) is 7.98. The Balaban J connectivity index is 2.04. The minimum absolute atomic E-state index is 0.0481. The van der Waals surface area contributed by atoms with E-state index in [-0.39, 0.29) is 37.4 Å². The second-order valence-corrected chi connectivity index (χ2v) is 4.68. The molecule has 1 heterocycles. The first-order valence-electron chi connectivity index (χ1n) is 5.83. The number of pyridine rings is 1. The van der Waals surface area contributed by atoms with E-state index in [1.54, 1.807) is 12.1 Å². The Hall–Kier alpha value is -1.32. The molecule has 0 radical (unpaired) electrons. The number of carbonyl (C=O) groups is 1. The van der Waals surface area contributed by atoms with E-state index in [2.05, 4.69) is 4.98 Å². The number of ketones is 1. The van der Waals surface area contributed by atoms with Gasteiger partial charge in [0, 0.05) is 36.2 Å². The van der Waals surface area contributed by atoms with Crippen LogP contribution in [-0.4, -0.2) is 16.7 Å². The normalized spacial score (nSPS) is 20.2. The standard InChI is InChI=1S/C13H15F2NO/c1-9-2-3-11(8-16-9)12(17)10-4-6-13(14,15)7-5-10/h2-3,8,10H,4-7H2,1H3. The molecular formula is C13H15F2NO. The molecule has 1 aliphatic rings. The van der Waals surface area contributed by atoms with Crippen molar-refractivity contribution < 1.29 is 13.6 Å². The average Bonchev–Trinajstić information content (AvgIpc) is 2.29. The Morgan fingerprint density at radius 2 is 2.00 bits per heavy atom. The van der Waals surface area contributed by atoms with Gasteiger partial charge in [0.05, 0.1) is 0 Å². The van der Waals surface area contributed by atoms with Gasteiger partial charge in [-0.3, -0.25) is 9.78 Å². The molecule has 2 nitrogen and oxygen atoms in total. The van der Waals surface area contributed by atoms with Crippen LogP contribution in [0.5, 0.6) is 0 Å². The van der Waals surface area contributed by atoms with Crippen LogP contribution in [0.3, 0.4) is 0 Å². The van der Waals surface area contributed by atoms with Crippen molar-refractivity contribution in [1.82, 2.24) is 4.98 Å². The highest BCUT2D eigenvalue weighted by molar-refractivity contribution is 5.97. The van der Waals surface area contributed by atoms with Gasteiger partial charge in [0.25, 0.3) is 0 Å². The van der Waals surface area contributed by atoms with E-state index in [9.17, 15) is 13.6 Å². The van der Waals surface area contributed by atoms with E-state index in [4.69, 9.17) is 0 Å². The van der Waals surface area contributed by atoms with Crippen LogP contribution in [0.25, 0.3) is 0 Å². The summed E-state index contributed by atoms with van der Waals surface area (Å²) in [5.41, 5.74) is 1.38. The van der Waals surface area contributed by atoms with Gasteiger partial charge >= 0.3 is 0 Å². The Morgan fingerprint density at radius 1 is 1.35 bits per heavy atom. The van der Waals surface area contributed by atoms with E-state index >= 15 is 0 Å². The maximum atomic E-state index is 13.0. The summed E-state index contributed by atoms with van der Waals surface area (Å²) in [6, 6.07) is 3.49. The minimum atomic E-state index is -2.58. The first kappa shape index (κ1) is 12.1. The van der Waals surface area contributed by atoms with Crippen LogP contribution in [0.1, 0.15) is 41.7 Å². The smallest absolute Gasteiger partial charge is 0.248 e. The molecule has 1 aromatic rings. The number of alkyl halides is 2. The number of aryl methyl sites for hydroxylation is 1. The van der Waals surface area contributed by atoms with Gasteiger partial charge < -0.3 is 0 Å². The van der Waals surface area contributed by atoms with Crippen LogP contribution in [0, 0.1) is 12.8 Å². The number of hydrogen-bond acceptors (Lipinski definition) is 2. The van der Waals surface area contributed by atoms with Crippen LogP contribution < -0.4 is 0 Å². The lowest BCUT2D eigenvalue weighted by Gasteiger charge is -2.27.